The second kappa shape index (κ2) is 15.1. The smallest absolute Gasteiger partial charge is 0.344 e. The number of aliphatic hydroxyl groups is 2. The minimum absolute atomic E-state index is 0.0608. The van der Waals surface area contributed by atoms with Crippen LogP contribution in [0.2, 0.25) is 0 Å². The van der Waals surface area contributed by atoms with Crippen LogP contribution in [0, 0.1) is 28.1 Å². The molecule has 0 aromatic heterocycles. The summed E-state index contributed by atoms with van der Waals surface area (Å²) in [4.78, 5) is 52.0. The molecule has 2 N–H and O–H groups in total. The van der Waals surface area contributed by atoms with Crippen molar-refractivity contribution in [2.24, 2.45) is 28.1 Å². The van der Waals surface area contributed by atoms with Gasteiger partial charge in [-0.1, -0.05) is 49.1 Å². The topological polar surface area (TPSA) is 142 Å². The van der Waals surface area contributed by atoms with Crippen LogP contribution in [0.1, 0.15) is 64.9 Å². The van der Waals surface area contributed by atoms with E-state index in [1.807, 2.05) is 39.9 Å². The van der Waals surface area contributed by atoms with Crippen LogP contribution in [0.4, 0.5) is 5.69 Å². The van der Waals surface area contributed by atoms with Crippen LogP contribution in [-0.4, -0.2) is 161 Å². The van der Waals surface area contributed by atoms with E-state index in [2.05, 4.69) is 64.5 Å². The largest absolute Gasteiger partial charge is 0.468 e. The molecule has 13 nitrogen and oxygen atoms in total. The van der Waals surface area contributed by atoms with E-state index in [1.165, 1.54) is 21.1 Å². The summed E-state index contributed by atoms with van der Waals surface area (Å²) in [5.41, 5.74) is 0.642. The van der Waals surface area contributed by atoms with Crippen LogP contribution in [0.3, 0.4) is 0 Å². The molecule has 3 saturated heterocycles. The monoisotopic (exact) mass is 851 g/mol. The number of hydrogen-bond donors (Lipinski definition) is 2. The van der Waals surface area contributed by atoms with E-state index in [4.69, 9.17) is 18.9 Å². The van der Waals surface area contributed by atoms with Crippen molar-refractivity contribution in [2.45, 2.75) is 94.8 Å². The van der Waals surface area contributed by atoms with Crippen LogP contribution in [0.5, 0.6) is 0 Å². The van der Waals surface area contributed by atoms with Crippen molar-refractivity contribution in [1.82, 2.24) is 14.7 Å². The Balaban J connectivity index is 1.32. The molecule has 1 spiro atoms. The number of piperidine rings is 1. The highest BCUT2D eigenvalue weighted by molar-refractivity contribution is 6.67. The van der Waals surface area contributed by atoms with E-state index < -0.39 is 63.6 Å². The van der Waals surface area contributed by atoms with Crippen LogP contribution in [0.25, 0.3) is 5.57 Å². The quantitative estimate of drug-likeness (QED) is 0.172. The molecular formula is C48H64BN4O9. The van der Waals surface area contributed by atoms with Crippen molar-refractivity contribution in [3.05, 3.63) is 64.8 Å². The van der Waals surface area contributed by atoms with Crippen LogP contribution in [-0.2, 0) is 33.3 Å². The number of ether oxygens (including phenoxy) is 4. The van der Waals surface area contributed by atoms with Crippen molar-refractivity contribution in [1.29, 1.82) is 0 Å². The van der Waals surface area contributed by atoms with Gasteiger partial charge in [0, 0.05) is 95.5 Å². The highest BCUT2D eigenvalue weighted by atomic mass is 16.6. The first-order valence-electron chi connectivity index (χ1n) is 22.6. The fourth-order valence-corrected chi connectivity index (χ4v) is 14.4. The molecule has 333 valence electrons. The number of anilines is 1. The molecule has 3 unspecified atom stereocenters. The summed E-state index contributed by atoms with van der Waals surface area (Å²) < 4.78 is 24.3. The first-order chi connectivity index (χ1) is 29.5. The number of likely N-dealkylation sites (N-methyl/N-ethyl adjacent to an activating group) is 1. The first-order valence-corrected chi connectivity index (χ1v) is 22.6. The Kier molecular flexibility index (Phi) is 10.5. The number of allylic oxidation sites excluding steroid dienone is 1. The lowest BCUT2D eigenvalue weighted by atomic mass is 9.46. The van der Waals surface area contributed by atoms with Gasteiger partial charge in [-0.05, 0) is 85.9 Å². The molecule has 1 saturated carbocycles. The Bertz CT molecular complexity index is 2190. The Morgan fingerprint density at radius 3 is 2.40 bits per heavy atom. The number of fused-ring (bicyclic) bond motifs is 5. The minimum atomic E-state index is -2.29. The van der Waals surface area contributed by atoms with Gasteiger partial charge >= 0.3 is 17.9 Å². The van der Waals surface area contributed by atoms with Crippen LogP contribution in [0.15, 0.2) is 59.2 Å². The van der Waals surface area contributed by atoms with Gasteiger partial charge in [0.25, 0.3) is 0 Å². The number of rotatable bonds is 8. The lowest BCUT2D eigenvalue weighted by Gasteiger charge is -2.63. The van der Waals surface area contributed by atoms with E-state index >= 15 is 4.79 Å². The molecule has 14 heteroatoms. The molecule has 1 radical (unpaired) electrons. The number of hydrogen-bond acceptors (Lipinski definition) is 13. The van der Waals surface area contributed by atoms with E-state index in [9.17, 15) is 19.8 Å². The molecule has 2 bridgehead atoms. The summed E-state index contributed by atoms with van der Waals surface area (Å²) in [6, 6.07) is 5.30. The van der Waals surface area contributed by atoms with Gasteiger partial charge < -0.3 is 39.0 Å². The first kappa shape index (κ1) is 43.3. The maximum atomic E-state index is 15.5. The Morgan fingerprint density at radius 1 is 0.984 bits per heavy atom. The highest BCUT2D eigenvalue weighted by Gasteiger charge is 2.81. The van der Waals surface area contributed by atoms with Crippen molar-refractivity contribution in [3.8, 4) is 0 Å². The van der Waals surface area contributed by atoms with Crippen molar-refractivity contribution >= 4 is 41.9 Å². The maximum Gasteiger partial charge on any atom is 0.344 e. The summed E-state index contributed by atoms with van der Waals surface area (Å²) in [7, 11) is 12.6. The van der Waals surface area contributed by atoms with Gasteiger partial charge in [0.15, 0.2) is 13.4 Å². The fraction of sp³-hybridized carbons (Fsp3) is 0.646. The number of likely N-dealkylation sites (tertiary alicyclic amines) is 1. The molecule has 8 aliphatic rings. The van der Waals surface area contributed by atoms with Gasteiger partial charge in [-0.2, -0.15) is 0 Å². The van der Waals surface area contributed by atoms with Gasteiger partial charge in [-0.25, -0.2) is 4.79 Å². The summed E-state index contributed by atoms with van der Waals surface area (Å²) >= 11 is 0. The zero-order valence-electron chi connectivity index (χ0n) is 37.9. The average Bonchev–Trinajstić information content (AvgIpc) is 3.92. The molecule has 4 fully saturated rings. The second-order valence-electron chi connectivity index (χ2n) is 19.7. The molecule has 9 rings (SSSR count). The zero-order chi connectivity index (χ0) is 44.3. The van der Waals surface area contributed by atoms with E-state index in [0.29, 0.717) is 58.2 Å². The van der Waals surface area contributed by atoms with Gasteiger partial charge in [0.1, 0.15) is 0 Å². The zero-order valence-corrected chi connectivity index (χ0v) is 37.9. The Hall–Kier alpha value is -3.95. The van der Waals surface area contributed by atoms with Crippen molar-refractivity contribution < 1.29 is 43.5 Å². The van der Waals surface area contributed by atoms with Crippen LogP contribution < -0.4 is 10.4 Å². The number of nitrogens with zero attached hydrogens (tertiary/aromatic N) is 4. The Morgan fingerprint density at radius 2 is 1.74 bits per heavy atom. The predicted octanol–water partition coefficient (Wildman–Crippen LogP) is 2.87. The number of carbonyl (C=O) groups is 3. The summed E-state index contributed by atoms with van der Waals surface area (Å²) in [6.45, 7) is 8.75. The third-order valence-electron chi connectivity index (χ3n) is 16.7. The number of methoxy groups -OCH3 is 3. The summed E-state index contributed by atoms with van der Waals surface area (Å²) in [5.74, 6) is -2.48. The Labute approximate surface area is 367 Å². The predicted molar refractivity (Wildman–Crippen MR) is 235 cm³/mol. The van der Waals surface area contributed by atoms with E-state index in [-0.39, 0.29) is 17.9 Å². The lowest BCUT2D eigenvalue weighted by Crippen LogP contribution is -2.79. The van der Waals surface area contributed by atoms with Crippen molar-refractivity contribution in [2.75, 3.05) is 80.1 Å². The molecule has 1 aromatic carbocycles. The van der Waals surface area contributed by atoms with Crippen molar-refractivity contribution in [3.63, 3.8) is 0 Å². The number of carbonyl (C=O) groups excluding carboxylic acids is 3. The average molecular weight is 852 g/mol. The molecule has 2 aliphatic carbocycles. The second-order valence-corrected chi connectivity index (χ2v) is 19.7. The maximum absolute atomic E-state index is 15.5. The lowest BCUT2D eigenvalue weighted by molar-refractivity contribution is -0.243. The number of benzene rings is 1. The molecule has 0 amide bonds. The SMILES string of the molecule is CC[C@]1(O)C[C@H]2CN(CCC3=C([B]c4ccc(N(C)C)cc43)[C@@](C(=O)OC)(C3C=C4C(=CC3OC)N(C)[C@H]3[C@@](O)(C(=O)OC)[C@H](OC(C)=O)[C@]5(CC)C=CCN6CC[C@]43[C@@H]65)C2)C1. The molecule has 12 atom stereocenters. The van der Waals surface area contributed by atoms with Gasteiger partial charge in [0.2, 0.25) is 5.60 Å². The van der Waals surface area contributed by atoms with E-state index in [0.717, 1.165) is 52.1 Å². The van der Waals surface area contributed by atoms with Gasteiger partial charge in [-0.15, -0.1) is 0 Å². The molecule has 62 heavy (non-hydrogen) atoms. The molecular weight excluding hydrogens is 787 g/mol. The molecule has 6 aliphatic heterocycles. The standard InChI is InChI=1S/C48H64BN4O9/c1-10-44(57)24-29-25-47(42(55)60-8,38-31(15-19-52(26-29)27-44)32-21-30(50(4)5)13-14-35(32)49-38)34-22-33-36(23-37(34)59-7)51(6)40-46(33)17-20-53-18-12-16-45(11-2,39(46)53)41(62-28(3)54)48(40,58)43(56)61-9/h12-14,16,21-23,29,34,37,39-41,57-58H,10-11,15,17-20,24-27H2,1-9H3/t29-,34?,37?,39+,40-,41-,44+,45-,46-,47+,48+/m1/s1. The normalized spacial score (nSPS) is 40.2. The highest BCUT2D eigenvalue weighted by Crippen LogP contribution is 2.70. The third kappa shape index (κ3) is 5.74. The summed E-state index contributed by atoms with van der Waals surface area (Å²) in [5, 5.41) is 25.5. The fourth-order valence-electron chi connectivity index (χ4n) is 14.4. The number of esters is 3. The van der Waals surface area contributed by atoms with Gasteiger partial charge in [-0.3, -0.25) is 19.4 Å². The minimum Gasteiger partial charge on any atom is -0.468 e. The van der Waals surface area contributed by atoms with E-state index in [1.54, 1.807) is 7.11 Å². The third-order valence-corrected chi connectivity index (χ3v) is 16.7. The summed E-state index contributed by atoms with van der Waals surface area (Å²) in [6.07, 6.45) is 9.86. The molecule has 1 aromatic rings. The van der Waals surface area contributed by atoms with Crippen LogP contribution >= 0.6 is 0 Å². The van der Waals surface area contributed by atoms with Gasteiger partial charge in [0.05, 0.1) is 37.4 Å². The molecule has 6 heterocycles.